The van der Waals surface area contributed by atoms with Gasteiger partial charge in [0.25, 0.3) is 0 Å². The van der Waals surface area contributed by atoms with Gasteiger partial charge in [0.05, 0.1) is 23.3 Å². The summed E-state index contributed by atoms with van der Waals surface area (Å²) >= 11 is 6.42. The second-order valence-electron chi connectivity index (χ2n) is 9.81. The molecule has 0 spiro atoms. The van der Waals surface area contributed by atoms with E-state index in [9.17, 15) is 0 Å². The molecule has 7 aromatic rings. The molecular weight excluding hydrogens is 595 g/mol. The van der Waals surface area contributed by atoms with Gasteiger partial charge in [0.15, 0.2) is 0 Å². The normalized spacial score (nSPS) is 11.7. The summed E-state index contributed by atoms with van der Waals surface area (Å²) in [6, 6.07) is 29.3. The molecule has 5 heterocycles. The predicted molar refractivity (Wildman–Crippen MR) is 159 cm³/mol. The molecule has 2 aliphatic heterocycles. The van der Waals surface area contributed by atoms with Crippen LogP contribution in [0.3, 0.4) is 0 Å². The second kappa shape index (κ2) is 9.29. The zero-order valence-electron chi connectivity index (χ0n) is 21.4. The van der Waals surface area contributed by atoms with Crippen molar-refractivity contribution >= 4 is 55.7 Å². The molecule has 10 heteroatoms. The molecule has 4 aromatic carbocycles. The van der Waals surface area contributed by atoms with Crippen molar-refractivity contribution < 1.29 is 17.1 Å². The Balaban J connectivity index is 0.00000267. The summed E-state index contributed by atoms with van der Waals surface area (Å²) in [5.74, 6) is 2.09. The summed E-state index contributed by atoms with van der Waals surface area (Å²) in [5, 5.41) is 3.94. The molecule has 8 bridgehead atoms. The Bertz CT molecular complexity index is 2410. The summed E-state index contributed by atoms with van der Waals surface area (Å²) in [5.41, 5.74) is 5.52. The van der Waals surface area contributed by atoms with Crippen LogP contribution in [0.4, 0.5) is 0 Å². The van der Waals surface area contributed by atoms with Crippen LogP contribution in [0.1, 0.15) is 0 Å². The van der Waals surface area contributed by atoms with Crippen LogP contribution < -0.4 is 9.97 Å². The summed E-state index contributed by atoms with van der Waals surface area (Å²) in [4.78, 5) is 39.2. The summed E-state index contributed by atoms with van der Waals surface area (Å²) < 4.78 is 0. The number of benzene rings is 4. The van der Waals surface area contributed by atoms with Crippen molar-refractivity contribution in [2.75, 3.05) is 0 Å². The van der Waals surface area contributed by atoms with E-state index in [1.807, 2.05) is 91.0 Å². The molecule has 0 saturated carbocycles. The third kappa shape index (κ3) is 3.68. The number of hydrogen-bond donors (Lipinski definition) is 0. The van der Waals surface area contributed by atoms with Crippen LogP contribution in [0.5, 0.6) is 0 Å². The van der Waals surface area contributed by atoms with Crippen molar-refractivity contribution in [3.05, 3.63) is 96.0 Å². The molecule has 0 atom stereocenters. The van der Waals surface area contributed by atoms with Gasteiger partial charge in [-0.15, -0.1) is 0 Å². The number of hydrogen-bond acceptors (Lipinski definition) is 6. The summed E-state index contributed by atoms with van der Waals surface area (Å²) in [6.45, 7) is 0. The first-order valence-corrected chi connectivity index (χ1v) is 13.4. The monoisotopic (exact) mass is 609 g/mol. The molecule has 2 aliphatic rings. The Labute approximate surface area is 253 Å². The summed E-state index contributed by atoms with van der Waals surface area (Å²) in [7, 11) is 0. The van der Waals surface area contributed by atoms with Crippen molar-refractivity contribution in [2.24, 2.45) is 0 Å². The van der Waals surface area contributed by atoms with Crippen molar-refractivity contribution in [3.8, 4) is 45.6 Å². The minimum Gasteiger partial charge on any atom is -0.357 e. The predicted octanol–water partition coefficient (Wildman–Crippen LogP) is 6.78. The first kappa shape index (κ1) is 24.8. The zero-order valence-corrected chi connectivity index (χ0v) is 23.1. The van der Waals surface area contributed by atoms with Crippen molar-refractivity contribution in [1.82, 2.24) is 39.9 Å². The van der Waals surface area contributed by atoms with E-state index in [0.717, 1.165) is 43.8 Å². The molecule has 0 N–H and O–H groups in total. The van der Waals surface area contributed by atoms with Gasteiger partial charge in [-0.1, -0.05) is 90.5 Å². The number of halogens is 1. The topological polar surface area (TPSA) is 106 Å². The van der Waals surface area contributed by atoms with Gasteiger partial charge in [-0.2, -0.15) is 0 Å². The van der Waals surface area contributed by atoms with Crippen molar-refractivity contribution in [1.29, 1.82) is 0 Å². The third-order valence-electron chi connectivity index (χ3n) is 7.38. The maximum Gasteiger partial charge on any atom is 2.00 e. The fraction of sp³-hybridized carbons (Fsp3) is 0. The number of rotatable bonds is 0. The Morgan fingerprint density at radius 1 is 0.405 bits per heavy atom. The smallest absolute Gasteiger partial charge is 0.357 e. The van der Waals surface area contributed by atoms with Gasteiger partial charge in [0.2, 0.25) is 0 Å². The SMILES string of the molecule is Clc1ccc2c3nc4nc(nc5[n-]c(nc6nc(nc([n-]3)c2c1)-c1ccccc1-6)c1ccccc51)-c1ccccc1-4.[Cu+2]. The molecule has 0 amide bonds. The molecule has 201 valence electrons. The molecular formula is C32H15ClCuN8. The molecule has 0 fully saturated rings. The largest absolute Gasteiger partial charge is 2.00 e. The molecule has 3 aromatic heterocycles. The number of fused-ring (bicyclic) bond motifs is 20. The van der Waals surface area contributed by atoms with Crippen LogP contribution in [0.25, 0.3) is 89.7 Å². The van der Waals surface area contributed by atoms with Gasteiger partial charge in [-0.25, -0.2) is 9.97 Å². The Hall–Kier alpha value is -4.95. The quantitative estimate of drug-likeness (QED) is 0.173. The molecule has 1 radical (unpaired) electrons. The summed E-state index contributed by atoms with van der Waals surface area (Å²) in [6.07, 6.45) is 0. The molecule has 0 unspecified atom stereocenters. The van der Waals surface area contributed by atoms with Gasteiger partial charge in [-0.3, -0.25) is 0 Å². The van der Waals surface area contributed by atoms with Crippen LogP contribution in [0.2, 0.25) is 5.02 Å². The van der Waals surface area contributed by atoms with E-state index < -0.39 is 0 Å². The minimum absolute atomic E-state index is 0. The maximum absolute atomic E-state index is 6.42. The molecule has 0 aliphatic carbocycles. The van der Waals surface area contributed by atoms with E-state index in [4.69, 9.17) is 51.5 Å². The molecule has 9 rings (SSSR count). The van der Waals surface area contributed by atoms with E-state index in [2.05, 4.69) is 0 Å². The minimum atomic E-state index is 0. The van der Waals surface area contributed by atoms with E-state index in [1.165, 1.54) is 0 Å². The van der Waals surface area contributed by atoms with Crippen molar-refractivity contribution in [2.45, 2.75) is 0 Å². The Morgan fingerprint density at radius 2 is 0.762 bits per heavy atom. The average molecular weight is 611 g/mol. The van der Waals surface area contributed by atoms with Crippen LogP contribution in [0.15, 0.2) is 91.0 Å². The standard InChI is InChI=1S/C32H15ClN8.Cu/c33-16-13-14-23-24(15-16)32-40-30-22-12-6-5-11-21(22)28(38-30)36-26-18-8-2-1-7-17(18)25(34-26)35-27-19-9-3-4-10-20(19)29(37-27)39-31(23)41-32;/h1-15H;/q-2;+2. The van der Waals surface area contributed by atoms with E-state index in [0.29, 0.717) is 50.9 Å². The fourth-order valence-corrected chi connectivity index (χ4v) is 5.65. The molecule has 8 nitrogen and oxygen atoms in total. The van der Waals surface area contributed by atoms with E-state index >= 15 is 0 Å². The van der Waals surface area contributed by atoms with Crippen LogP contribution >= 0.6 is 11.6 Å². The molecule has 42 heavy (non-hydrogen) atoms. The Kier molecular flexibility index (Phi) is 5.49. The fourth-order valence-electron chi connectivity index (χ4n) is 5.48. The van der Waals surface area contributed by atoms with Gasteiger partial charge >= 0.3 is 17.1 Å². The molecule has 0 saturated heterocycles. The van der Waals surface area contributed by atoms with E-state index in [1.54, 1.807) is 0 Å². The number of nitrogens with zero attached hydrogens (tertiary/aromatic N) is 8. The first-order valence-electron chi connectivity index (χ1n) is 13.0. The van der Waals surface area contributed by atoms with Gasteiger partial charge < -0.3 is 29.9 Å². The maximum atomic E-state index is 6.42. The van der Waals surface area contributed by atoms with Gasteiger partial charge in [0.1, 0.15) is 0 Å². The first-order chi connectivity index (χ1) is 20.2. The van der Waals surface area contributed by atoms with Crippen LogP contribution in [-0.2, 0) is 17.1 Å². The second-order valence-corrected chi connectivity index (χ2v) is 10.2. The average Bonchev–Trinajstić information content (AvgIpc) is 3.72. The van der Waals surface area contributed by atoms with Crippen LogP contribution in [-0.4, -0.2) is 29.9 Å². The zero-order chi connectivity index (χ0) is 27.1. The third-order valence-corrected chi connectivity index (χ3v) is 7.62. The Morgan fingerprint density at radius 3 is 1.19 bits per heavy atom. The van der Waals surface area contributed by atoms with Gasteiger partial charge in [-0.05, 0) is 33.7 Å². The van der Waals surface area contributed by atoms with Crippen molar-refractivity contribution in [3.63, 3.8) is 0 Å². The number of aromatic nitrogens is 8. The van der Waals surface area contributed by atoms with E-state index in [-0.39, 0.29) is 17.1 Å². The van der Waals surface area contributed by atoms with Crippen LogP contribution in [0, 0.1) is 0 Å². The van der Waals surface area contributed by atoms with Gasteiger partial charge in [0, 0.05) is 49.9 Å².